The fraction of sp³-hybridized carbons (Fsp3) is 0.200. The Labute approximate surface area is 81.9 Å². The second kappa shape index (κ2) is 5.01. The summed E-state index contributed by atoms with van der Waals surface area (Å²) in [7, 11) is 0. The first-order valence-corrected chi connectivity index (χ1v) is 4.20. The molecule has 0 unspecified atom stereocenters. The summed E-state index contributed by atoms with van der Waals surface area (Å²) < 4.78 is 4.97. The molecular formula is C10H11NO3. The minimum atomic E-state index is -0.632. The van der Waals surface area contributed by atoms with Crippen molar-refractivity contribution in [3.8, 4) is 5.75 Å². The van der Waals surface area contributed by atoms with Gasteiger partial charge in [0.2, 0.25) is 6.41 Å². The van der Waals surface area contributed by atoms with Gasteiger partial charge in [-0.3, -0.25) is 4.79 Å². The highest BCUT2D eigenvalue weighted by Gasteiger charge is 2.13. The van der Waals surface area contributed by atoms with E-state index < -0.39 is 12.0 Å². The van der Waals surface area contributed by atoms with Gasteiger partial charge in [0.15, 0.2) is 0 Å². The van der Waals surface area contributed by atoms with Crippen LogP contribution in [0, 0.1) is 0 Å². The first kappa shape index (κ1) is 10.2. The van der Waals surface area contributed by atoms with Crippen molar-refractivity contribution in [2.75, 3.05) is 0 Å². The predicted molar refractivity (Wildman–Crippen MR) is 50.7 cm³/mol. The fourth-order valence-electron chi connectivity index (χ4n) is 0.863. The van der Waals surface area contributed by atoms with E-state index in [1.807, 2.05) is 6.07 Å². The predicted octanol–water partition coefficient (Wildman–Crippen LogP) is 0.726. The molecule has 0 fully saturated rings. The van der Waals surface area contributed by atoms with Gasteiger partial charge in [-0.25, -0.2) is 4.79 Å². The Morgan fingerprint density at radius 3 is 2.64 bits per heavy atom. The average molecular weight is 193 g/mol. The standard InChI is InChI=1S/C10H11NO3/c1-8(11-7-12)10(13)14-9-5-3-2-4-6-9/h2-8H,1H3,(H,11,12)/t8-/m0/s1. The quantitative estimate of drug-likeness (QED) is 0.435. The molecule has 4 heteroatoms. The second-order valence-corrected chi connectivity index (χ2v) is 2.74. The van der Waals surface area contributed by atoms with Crippen LogP contribution in [0.25, 0.3) is 0 Å². The average Bonchev–Trinajstić information content (AvgIpc) is 2.19. The molecule has 0 spiro atoms. The maximum atomic E-state index is 11.3. The number of nitrogens with one attached hydrogen (secondary N) is 1. The van der Waals surface area contributed by atoms with E-state index in [2.05, 4.69) is 5.32 Å². The van der Waals surface area contributed by atoms with E-state index in [1.165, 1.54) is 0 Å². The lowest BCUT2D eigenvalue weighted by Crippen LogP contribution is -2.35. The lowest BCUT2D eigenvalue weighted by molar-refractivity contribution is -0.137. The normalized spacial score (nSPS) is 11.5. The summed E-state index contributed by atoms with van der Waals surface area (Å²) in [6, 6.07) is 8.07. The van der Waals surface area contributed by atoms with Crippen molar-refractivity contribution in [1.82, 2.24) is 5.32 Å². The largest absolute Gasteiger partial charge is 0.425 e. The summed E-state index contributed by atoms with van der Waals surface area (Å²) >= 11 is 0. The van der Waals surface area contributed by atoms with Crippen LogP contribution >= 0.6 is 0 Å². The number of carbonyl (C=O) groups excluding carboxylic acids is 2. The molecule has 0 aliphatic rings. The van der Waals surface area contributed by atoms with Crippen LogP contribution in [0.1, 0.15) is 6.92 Å². The van der Waals surface area contributed by atoms with Gasteiger partial charge in [0.1, 0.15) is 11.8 Å². The maximum Gasteiger partial charge on any atom is 0.333 e. The SMILES string of the molecule is C[C@H](NC=O)C(=O)Oc1ccccc1. The Hall–Kier alpha value is -1.84. The molecule has 1 atom stereocenters. The summed E-state index contributed by atoms with van der Waals surface area (Å²) in [4.78, 5) is 21.3. The Kier molecular flexibility index (Phi) is 3.67. The molecule has 0 radical (unpaired) electrons. The number of esters is 1. The van der Waals surface area contributed by atoms with Crippen molar-refractivity contribution in [2.24, 2.45) is 0 Å². The zero-order chi connectivity index (χ0) is 10.4. The molecule has 0 heterocycles. The van der Waals surface area contributed by atoms with Gasteiger partial charge in [-0.05, 0) is 19.1 Å². The molecule has 0 bridgehead atoms. The molecule has 0 saturated carbocycles. The number of carbonyl (C=O) groups is 2. The monoisotopic (exact) mass is 193 g/mol. The maximum absolute atomic E-state index is 11.3. The Morgan fingerprint density at radius 2 is 2.07 bits per heavy atom. The molecular weight excluding hydrogens is 182 g/mol. The van der Waals surface area contributed by atoms with Crippen LogP contribution in [0.2, 0.25) is 0 Å². The summed E-state index contributed by atoms with van der Waals surface area (Å²) in [6.07, 6.45) is 0.469. The highest BCUT2D eigenvalue weighted by molar-refractivity contribution is 5.79. The van der Waals surface area contributed by atoms with Crippen molar-refractivity contribution in [2.45, 2.75) is 13.0 Å². The third-order valence-electron chi connectivity index (χ3n) is 1.63. The van der Waals surface area contributed by atoms with Crippen molar-refractivity contribution >= 4 is 12.4 Å². The smallest absolute Gasteiger partial charge is 0.333 e. The van der Waals surface area contributed by atoms with Gasteiger partial charge in [0.05, 0.1) is 0 Å². The number of para-hydroxylation sites is 1. The number of benzene rings is 1. The summed E-state index contributed by atoms with van der Waals surface area (Å²) in [6.45, 7) is 1.56. The molecule has 0 saturated heterocycles. The third-order valence-corrected chi connectivity index (χ3v) is 1.63. The lowest BCUT2D eigenvalue weighted by Gasteiger charge is -2.09. The first-order valence-electron chi connectivity index (χ1n) is 4.20. The van der Waals surface area contributed by atoms with Crippen LogP contribution in [0.3, 0.4) is 0 Å². The first-order chi connectivity index (χ1) is 6.74. The topological polar surface area (TPSA) is 55.4 Å². The molecule has 0 aliphatic carbocycles. The van der Waals surface area contributed by atoms with Gasteiger partial charge in [-0.1, -0.05) is 18.2 Å². The Morgan fingerprint density at radius 1 is 1.43 bits per heavy atom. The molecule has 14 heavy (non-hydrogen) atoms. The Bertz CT molecular complexity index is 310. The van der Waals surface area contributed by atoms with Crippen LogP contribution in [-0.4, -0.2) is 18.4 Å². The van der Waals surface area contributed by atoms with Gasteiger partial charge in [0.25, 0.3) is 0 Å². The molecule has 1 aromatic carbocycles. The zero-order valence-corrected chi connectivity index (χ0v) is 7.77. The Balaban J connectivity index is 2.53. The van der Waals surface area contributed by atoms with E-state index in [-0.39, 0.29) is 0 Å². The molecule has 4 nitrogen and oxygen atoms in total. The van der Waals surface area contributed by atoms with Crippen LogP contribution in [0.5, 0.6) is 5.75 Å². The molecule has 1 rings (SSSR count). The van der Waals surface area contributed by atoms with Gasteiger partial charge in [-0.2, -0.15) is 0 Å². The number of hydrogen-bond acceptors (Lipinski definition) is 3. The molecule has 1 aromatic rings. The second-order valence-electron chi connectivity index (χ2n) is 2.74. The summed E-state index contributed by atoms with van der Waals surface area (Å²) in [5.41, 5.74) is 0. The number of ether oxygens (including phenoxy) is 1. The van der Waals surface area contributed by atoms with Crippen molar-refractivity contribution in [3.05, 3.63) is 30.3 Å². The lowest BCUT2D eigenvalue weighted by atomic mass is 10.3. The minimum Gasteiger partial charge on any atom is -0.425 e. The van der Waals surface area contributed by atoms with E-state index in [4.69, 9.17) is 4.74 Å². The number of amides is 1. The highest BCUT2D eigenvalue weighted by Crippen LogP contribution is 2.08. The minimum absolute atomic E-state index is 0.469. The molecule has 1 N–H and O–H groups in total. The van der Waals surface area contributed by atoms with Gasteiger partial charge in [0, 0.05) is 0 Å². The van der Waals surface area contributed by atoms with E-state index >= 15 is 0 Å². The van der Waals surface area contributed by atoms with Crippen LogP contribution in [0.15, 0.2) is 30.3 Å². The number of rotatable bonds is 4. The van der Waals surface area contributed by atoms with Gasteiger partial charge >= 0.3 is 5.97 Å². The molecule has 74 valence electrons. The molecule has 1 amide bonds. The van der Waals surface area contributed by atoms with Crippen LogP contribution in [0.4, 0.5) is 0 Å². The van der Waals surface area contributed by atoms with E-state index in [0.29, 0.717) is 12.2 Å². The zero-order valence-electron chi connectivity index (χ0n) is 7.77. The van der Waals surface area contributed by atoms with Gasteiger partial charge < -0.3 is 10.1 Å². The van der Waals surface area contributed by atoms with E-state index in [1.54, 1.807) is 31.2 Å². The van der Waals surface area contributed by atoms with Crippen molar-refractivity contribution in [3.63, 3.8) is 0 Å². The van der Waals surface area contributed by atoms with Crippen LogP contribution < -0.4 is 10.1 Å². The van der Waals surface area contributed by atoms with E-state index in [0.717, 1.165) is 0 Å². The van der Waals surface area contributed by atoms with Crippen molar-refractivity contribution in [1.29, 1.82) is 0 Å². The van der Waals surface area contributed by atoms with Gasteiger partial charge in [-0.15, -0.1) is 0 Å². The van der Waals surface area contributed by atoms with Crippen molar-refractivity contribution < 1.29 is 14.3 Å². The molecule has 0 aliphatic heterocycles. The third kappa shape index (κ3) is 2.90. The summed E-state index contributed by atoms with van der Waals surface area (Å²) in [5.74, 6) is -0.0136. The highest BCUT2D eigenvalue weighted by atomic mass is 16.5. The van der Waals surface area contributed by atoms with Crippen LogP contribution in [-0.2, 0) is 9.59 Å². The fourth-order valence-corrected chi connectivity index (χ4v) is 0.863. The number of hydrogen-bond donors (Lipinski definition) is 1. The molecule has 0 aromatic heterocycles. The summed E-state index contributed by atoms with van der Waals surface area (Å²) in [5, 5.41) is 2.31. The van der Waals surface area contributed by atoms with E-state index in [9.17, 15) is 9.59 Å².